The molecule has 0 unspecified atom stereocenters. The van der Waals surface area contributed by atoms with Crippen LogP contribution in [0.15, 0.2) is 34.2 Å². The summed E-state index contributed by atoms with van der Waals surface area (Å²) in [5, 5.41) is 14.9. The van der Waals surface area contributed by atoms with Gasteiger partial charge in [-0.3, -0.25) is 14.8 Å². The summed E-state index contributed by atoms with van der Waals surface area (Å²) in [6, 6.07) is 5.34. The monoisotopic (exact) mass is 499 g/mol. The number of rotatable bonds is 4. The van der Waals surface area contributed by atoms with Gasteiger partial charge in [-0.2, -0.15) is 9.61 Å². The first-order chi connectivity index (χ1) is 16.8. The average molecular weight is 500 g/mol. The average Bonchev–Trinajstić information content (AvgIpc) is 3.15. The first-order valence-electron chi connectivity index (χ1n) is 11.0. The van der Waals surface area contributed by atoms with Crippen LogP contribution in [0.1, 0.15) is 34.6 Å². The number of alkyl halides is 2. The molecule has 1 saturated heterocycles. The fourth-order valence-corrected chi connectivity index (χ4v) is 4.91. The van der Waals surface area contributed by atoms with Crippen molar-refractivity contribution in [2.45, 2.75) is 31.2 Å². The number of fused-ring (bicyclic) bond motifs is 1. The maximum atomic E-state index is 13.6. The SMILES string of the molecule is O=C(c1ccc(-c2cc(=NC3CC3)n3ncc(=Cc4[nH]c(=O)[nH]c4O)c3n2)s1)N1CCC(F)(F)C1. The molecule has 1 aliphatic carbocycles. The number of nitrogens with one attached hydrogen (secondary N) is 2. The molecule has 180 valence electrons. The van der Waals surface area contributed by atoms with Gasteiger partial charge in [0.2, 0.25) is 5.88 Å². The van der Waals surface area contributed by atoms with Crippen LogP contribution in [0.4, 0.5) is 8.78 Å². The molecule has 13 heteroatoms. The number of aromatic hydroxyl groups is 1. The Hall–Kier alpha value is -3.87. The number of carbonyl (C=O) groups excluding carboxylic acids is 1. The third kappa shape index (κ3) is 4.11. The van der Waals surface area contributed by atoms with Gasteiger partial charge in [0.05, 0.1) is 34.2 Å². The fourth-order valence-electron chi connectivity index (χ4n) is 3.98. The van der Waals surface area contributed by atoms with Gasteiger partial charge in [-0.1, -0.05) is 0 Å². The van der Waals surface area contributed by atoms with Crippen LogP contribution in [0.5, 0.6) is 5.88 Å². The third-order valence-corrected chi connectivity index (χ3v) is 7.00. The van der Waals surface area contributed by atoms with Crippen LogP contribution in [0.2, 0.25) is 0 Å². The van der Waals surface area contributed by atoms with E-state index < -0.39 is 24.1 Å². The van der Waals surface area contributed by atoms with Crippen LogP contribution in [0.3, 0.4) is 0 Å². The first kappa shape index (κ1) is 21.6. The van der Waals surface area contributed by atoms with Gasteiger partial charge in [0, 0.05) is 24.3 Å². The van der Waals surface area contributed by atoms with Crippen molar-refractivity contribution in [3.63, 3.8) is 0 Å². The van der Waals surface area contributed by atoms with Gasteiger partial charge < -0.3 is 15.0 Å². The number of hydrogen-bond acceptors (Lipinski definition) is 7. The number of nitrogens with zero attached hydrogens (tertiary/aromatic N) is 5. The van der Waals surface area contributed by atoms with E-state index in [0.29, 0.717) is 31.8 Å². The van der Waals surface area contributed by atoms with Gasteiger partial charge in [0.1, 0.15) is 5.69 Å². The van der Waals surface area contributed by atoms with Crippen LogP contribution >= 0.6 is 11.3 Å². The van der Waals surface area contributed by atoms with Crippen molar-refractivity contribution < 1.29 is 18.7 Å². The lowest BCUT2D eigenvalue weighted by Gasteiger charge is -2.14. The maximum Gasteiger partial charge on any atom is 0.326 e. The normalized spacial score (nSPS) is 18.7. The van der Waals surface area contributed by atoms with Gasteiger partial charge in [-0.25, -0.2) is 18.6 Å². The number of aromatic amines is 2. The molecule has 6 rings (SSSR count). The number of H-pyrrole nitrogens is 2. The molecule has 3 N–H and O–H groups in total. The van der Waals surface area contributed by atoms with E-state index in [9.17, 15) is 23.5 Å². The highest BCUT2D eigenvalue weighted by Gasteiger charge is 2.40. The number of imidazole rings is 1. The molecule has 1 saturated carbocycles. The molecule has 5 heterocycles. The molecule has 0 spiro atoms. The van der Waals surface area contributed by atoms with E-state index in [1.54, 1.807) is 35.0 Å². The standard InChI is InChI=1S/C22H19F2N7O3S/c23-22(24)5-6-30(10-22)20(33)16-4-3-15(35-16)13-8-17(26-12-1-2-12)31-18(27-13)11(9-25-31)7-14-19(32)29-21(34)28-14/h3-4,7-9,12,32H,1-2,5-6,10H2,(H2,28,29,34). The molecule has 4 aromatic heterocycles. The van der Waals surface area contributed by atoms with E-state index in [4.69, 9.17) is 9.98 Å². The van der Waals surface area contributed by atoms with E-state index >= 15 is 0 Å². The molecular weight excluding hydrogens is 480 g/mol. The Kier molecular flexibility index (Phi) is 4.85. The Morgan fingerprint density at radius 3 is 2.83 bits per heavy atom. The quantitative estimate of drug-likeness (QED) is 0.389. The van der Waals surface area contributed by atoms with E-state index in [2.05, 4.69) is 15.1 Å². The van der Waals surface area contributed by atoms with Crippen molar-refractivity contribution in [2.24, 2.45) is 4.99 Å². The minimum atomic E-state index is -2.85. The summed E-state index contributed by atoms with van der Waals surface area (Å²) in [6.07, 6.45) is 4.74. The highest BCUT2D eigenvalue weighted by molar-refractivity contribution is 7.17. The van der Waals surface area contributed by atoms with Crippen LogP contribution < -0.4 is 16.4 Å². The Balaban J connectivity index is 1.44. The Morgan fingerprint density at radius 2 is 2.14 bits per heavy atom. The zero-order valence-corrected chi connectivity index (χ0v) is 19.0. The molecule has 10 nitrogen and oxygen atoms in total. The van der Waals surface area contributed by atoms with Crippen LogP contribution in [0, 0.1) is 0 Å². The van der Waals surface area contributed by atoms with Crippen molar-refractivity contribution in [3.05, 3.63) is 56.2 Å². The molecule has 35 heavy (non-hydrogen) atoms. The molecule has 0 radical (unpaired) electrons. The van der Waals surface area contributed by atoms with E-state index in [-0.39, 0.29) is 30.6 Å². The molecule has 0 aromatic carbocycles. The minimum Gasteiger partial charge on any atom is -0.493 e. The van der Waals surface area contributed by atoms with Crippen LogP contribution in [0.25, 0.3) is 22.3 Å². The van der Waals surface area contributed by atoms with Crippen molar-refractivity contribution in [3.8, 4) is 16.5 Å². The molecule has 1 amide bonds. The number of amides is 1. The Bertz CT molecular complexity index is 1650. The lowest BCUT2D eigenvalue weighted by atomic mass is 10.3. The predicted molar refractivity (Wildman–Crippen MR) is 122 cm³/mol. The van der Waals surface area contributed by atoms with Gasteiger partial charge in [0.15, 0.2) is 11.1 Å². The Morgan fingerprint density at radius 1 is 1.31 bits per heavy atom. The third-order valence-electron chi connectivity index (χ3n) is 5.90. The molecule has 2 fully saturated rings. The molecule has 2 aliphatic rings. The van der Waals surface area contributed by atoms with Crippen molar-refractivity contribution in [2.75, 3.05) is 13.1 Å². The molecule has 1 aliphatic heterocycles. The van der Waals surface area contributed by atoms with E-state index in [1.165, 1.54) is 16.2 Å². The summed E-state index contributed by atoms with van der Waals surface area (Å²) in [6.45, 7) is -0.548. The zero-order chi connectivity index (χ0) is 24.3. The van der Waals surface area contributed by atoms with Gasteiger partial charge in [-0.15, -0.1) is 11.3 Å². The second-order valence-corrected chi connectivity index (χ2v) is 9.76. The largest absolute Gasteiger partial charge is 0.493 e. The summed E-state index contributed by atoms with van der Waals surface area (Å²) in [5.41, 5.74) is 1.22. The van der Waals surface area contributed by atoms with Gasteiger partial charge in [0.25, 0.3) is 11.8 Å². The molecular formula is C22H19F2N7O3S. The Labute approximate surface area is 199 Å². The molecule has 0 bridgehead atoms. The first-order valence-corrected chi connectivity index (χ1v) is 11.8. The van der Waals surface area contributed by atoms with Crippen molar-refractivity contribution in [1.82, 2.24) is 29.5 Å². The smallest absolute Gasteiger partial charge is 0.326 e. The molecule has 0 atom stereocenters. The zero-order valence-electron chi connectivity index (χ0n) is 18.2. The second-order valence-electron chi connectivity index (χ2n) is 8.68. The number of hydrogen-bond donors (Lipinski definition) is 3. The second kappa shape index (κ2) is 7.83. The predicted octanol–water partition coefficient (Wildman–Crippen LogP) is 1.27. The maximum absolute atomic E-state index is 13.6. The summed E-state index contributed by atoms with van der Waals surface area (Å²) in [4.78, 5) is 40.7. The highest BCUT2D eigenvalue weighted by Crippen LogP contribution is 2.31. The summed E-state index contributed by atoms with van der Waals surface area (Å²) in [7, 11) is 0. The number of thiophene rings is 1. The van der Waals surface area contributed by atoms with E-state index in [0.717, 1.165) is 12.8 Å². The molecule has 4 aromatic rings. The lowest BCUT2D eigenvalue weighted by molar-refractivity contribution is 0.0121. The number of carbonyl (C=O) groups is 1. The van der Waals surface area contributed by atoms with E-state index in [1.807, 2.05) is 0 Å². The van der Waals surface area contributed by atoms with Crippen molar-refractivity contribution in [1.29, 1.82) is 0 Å². The summed E-state index contributed by atoms with van der Waals surface area (Å²) in [5.74, 6) is -3.58. The topological polar surface area (TPSA) is 132 Å². The minimum absolute atomic E-state index is 0.0246. The number of halogens is 2. The van der Waals surface area contributed by atoms with Crippen LogP contribution in [-0.2, 0) is 0 Å². The lowest BCUT2D eigenvalue weighted by Crippen LogP contribution is -2.30. The summed E-state index contributed by atoms with van der Waals surface area (Å²) >= 11 is 1.18. The van der Waals surface area contributed by atoms with Gasteiger partial charge >= 0.3 is 5.69 Å². The summed E-state index contributed by atoms with van der Waals surface area (Å²) < 4.78 is 28.7. The fraction of sp³-hybridized carbons (Fsp3) is 0.318. The number of aromatic nitrogens is 5. The van der Waals surface area contributed by atoms with Gasteiger partial charge in [-0.05, 0) is 31.1 Å². The van der Waals surface area contributed by atoms with Crippen molar-refractivity contribution >= 4 is 29.0 Å². The highest BCUT2D eigenvalue weighted by atomic mass is 32.1. The number of likely N-dealkylation sites (tertiary alicyclic amines) is 1. The van der Waals surface area contributed by atoms with Crippen LogP contribution in [-0.4, -0.2) is 65.5 Å².